The van der Waals surface area contributed by atoms with Gasteiger partial charge in [0, 0.05) is 23.4 Å². The van der Waals surface area contributed by atoms with Crippen LogP contribution in [0.5, 0.6) is 0 Å². The molecule has 0 unspecified atom stereocenters. The van der Waals surface area contributed by atoms with Crippen molar-refractivity contribution in [3.8, 4) is 0 Å². The second-order valence-electron chi connectivity index (χ2n) is 3.74. The molecule has 0 spiro atoms. The van der Waals surface area contributed by atoms with Crippen LogP contribution in [-0.4, -0.2) is 23.9 Å². The lowest BCUT2D eigenvalue weighted by atomic mass is 10.1. The van der Waals surface area contributed by atoms with E-state index in [9.17, 15) is 27.7 Å². The molecule has 0 aliphatic rings. The highest BCUT2D eigenvalue weighted by Crippen LogP contribution is 2.31. The van der Waals surface area contributed by atoms with Gasteiger partial charge in [-0.3, -0.25) is 10.1 Å². The number of nitro benzene ring substituents is 1. The van der Waals surface area contributed by atoms with Gasteiger partial charge in [-0.2, -0.15) is 0 Å². The highest BCUT2D eigenvalue weighted by atomic mass is 19.3. The van der Waals surface area contributed by atoms with Gasteiger partial charge >= 0.3 is 0 Å². The van der Waals surface area contributed by atoms with Crippen molar-refractivity contribution in [2.24, 2.45) is 5.73 Å². The van der Waals surface area contributed by atoms with E-state index in [-0.39, 0.29) is 5.69 Å². The van der Waals surface area contributed by atoms with Gasteiger partial charge in [-0.15, -0.1) is 0 Å². The maximum atomic E-state index is 12.9. The molecule has 0 aliphatic heterocycles. The minimum atomic E-state index is -3.25. The zero-order valence-electron chi connectivity index (χ0n) is 9.58. The first kappa shape index (κ1) is 15.2. The first-order chi connectivity index (χ1) is 8.76. The fourth-order valence-electron chi connectivity index (χ4n) is 1.30. The molecule has 0 bridgehead atoms. The number of benzene rings is 1. The molecular weight excluding hydrogens is 270 g/mol. The summed E-state index contributed by atoms with van der Waals surface area (Å²) in [5.74, 6) is -3.25. The third-order valence-corrected chi connectivity index (χ3v) is 2.32. The van der Waals surface area contributed by atoms with E-state index in [2.05, 4.69) is 5.32 Å². The van der Waals surface area contributed by atoms with E-state index < -0.39 is 41.6 Å². The van der Waals surface area contributed by atoms with Crippen molar-refractivity contribution in [3.05, 3.63) is 33.9 Å². The zero-order chi connectivity index (χ0) is 14.6. The first-order valence-corrected chi connectivity index (χ1v) is 5.15. The van der Waals surface area contributed by atoms with Gasteiger partial charge in [-0.25, -0.2) is 17.6 Å². The fourth-order valence-corrected chi connectivity index (χ4v) is 1.30. The van der Waals surface area contributed by atoms with Crippen molar-refractivity contribution in [2.75, 3.05) is 18.4 Å². The molecule has 1 aromatic carbocycles. The lowest BCUT2D eigenvalue weighted by Gasteiger charge is -2.17. The van der Waals surface area contributed by atoms with Crippen LogP contribution in [0.2, 0.25) is 0 Å². The summed E-state index contributed by atoms with van der Waals surface area (Å²) in [4.78, 5) is 9.61. The Morgan fingerprint density at radius 3 is 2.53 bits per heavy atom. The van der Waals surface area contributed by atoms with Crippen LogP contribution in [-0.2, 0) is 0 Å². The number of nitrogens with one attached hydrogen (secondary N) is 1. The molecule has 3 N–H and O–H groups in total. The Hall–Kier alpha value is -1.90. The van der Waals surface area contributed by atoms with E-state index in [0.717, 1.165) is 12.1 Å². The molecule has 0 saturated heterocycles. The molecule has 0 fully saturated rings. The van der Waals surface area contributed by atoms with E-state index in [0.29, 0.717) is 6.07 Å². The number of rotatable bonds is 6. The summed E-state index contributed by atoms with van der Waals surface area (Å²) in [7, 11) is 0. The van der Waals surface area contributed by atoms with Gasteiger partial charge in [0.15, 0.2) is 0 Å². The summed E-state index contributed by atoms with van der Waals surface area (Å²) >= 11 is 0. The van der Waals surface area contributed by atoms with E-state index in [1.165, 1.54) is 0 Å². The fraction of sp³-hybridized carbons (Fsp3) is 0.400. The van der Waals surface area contributed by atoms with Crippen molar-refractivity contribution >= 4 is 11.4 Å². The summed E-state index contributed by atoms with van der Waals surface area (Å²) in [5.41, 5.74) is 3.28. The van der Waals surface area contributed by atoms with Gasteiger partial charge in [-0.05, 0) is 6.07 Å². The minimum absolute atomic E-state index is 0.284. The molecular formula is C10H11F4N3O2. The normalized spacial score (nSPS) is 11.7. The Balaban J connectivity index is 2.97. The third kappa shape index (κ3) is 4.05. The molecule has 5 nitrogen and oxygen atoms in total. The van der Waals surface area contributed by atoms with Crippen molar-refractivity contribution in [1.82, 2.24) is 0 Å². The Morgan fingerprint density at radius 2 is 2.05 bits per heavy atom. The predicted octanol–water partition coefficient (Wildman–Crippen LogP) is 2.54. The van der Waals surface area contributed by atoms with E-state index in [1.807, 2.05) is 0 Å². The van der Waals surface area contributed by atoms with Gasteiger partial charge < -0.3 is 11.1 Å². The number of alkyl halides is 4. The standard InChI is InChI=1S/C10H11F4N3O2/c11-9(12)7-3-6(17(18)19)1-2-8(7)16-5-10(13,14)4-15/h1-3,9,16H,4-5,15H2. The molecule has 1 aromatic rings. The summed E-state index contributed by atoms with van der Waals surface area (Å²) < 4.78 is 51.2. The molecule has 0 radical (unpaired) electrons. The maximum Gasteiger partial charge on any atom is 0.276 e. The van der Waals surface area contributed by atoms with E-state index in [1.54, 1.807) is 0 Å². The molecule has 0 amide bonds. The van der Waals surface area contributed by atoms with Crippen LogP contribution < -0.4 is 11.1 Å². The Bertz CT molecular complexity index is 468. The van der Waals surface area contributed by atoms with Crippen LogP contribution in [0.1, 0.15) is 12.0 Å². The van der Waals surface area contributed by atoms with Crippen molar-refractivity contribution in [1.29, 1.82) is 0 Å². The average Bonchev–Trinajstić information content (AvgIpc) is 2.36. The summed E-state index contributed by atoms with van der Waals surface area (Å²) in [6.45, 7) is -1.86. The van der Waals surface area contributed by atoms with E-state index in [4.69, 9.17) is 5.73 Å². The van der Waals surface area contributed by atoms with Crippen LogP contribution in [0.25, 0.3) is 0 Å². The summed E-state index contributed by atoms with van der Waals surface area (Å²) in [6, 6.07) is 2.56. The summed E-state index contributed by atoms with van der Waals surface area (Å²) in [6.07, 6.45) is -3.02. The van der Waals surface area contributed by atoms with Crippen LogP contribution in [0.3, 0.4) is 0 Å². The quantitative estimate of drug-likeness (QED) is 0.477. The molecule has 9 heteroatoms. The largest absolute Gasteiger partial charge is 0.379 e. The van der Waals surface area contributed by atoms with Crippen LogP contribution in [0, 0.1) is 10.1 Å². The second-order valence-corrected chi connectivity index (χ2v) is 3.74. The van der Waals surface area contributed by atoms with Crippen molar-refractivity contribution < 1.29 is 22.5 Å². The number of nitro groups is 1. The van der Waals surface area contributed by atoms with Gasteiger partial charge in [0.1, 0.15) is 0 Å². The highest BCUT2D eigenvalue weighted by molar-refractivity contribution is 5.56. The molecule has 0 atom stereocenters. The number of non-ortho nitro benzene ring substituents is 1. The van der Waals surface area contributed by atoms with Crippen LogP contribution in [0.4, 0.5) is 28.9 Å². The lowest BCUT2D eigenvalue weighted by Crippen LogP contribution is -2.35. The molecule has 0 heterocycles. The van der Waals surface area contributed by atoms with Gasteiger partial charge in [0.05, 0.1) is 18.0 Å². The average molecular weight is 281 g/mol. The topological polar surface area (TPSA) is 81.2 Å². The minimum Gasteiger partial charge on any atom is -0.379 e. The number of nitrogens with two attached hydrogens (primary N) is 1. The SMILES string of the molecule is NCC(F)(F)CNc1ccc([N+](=O)[O-])cc1C(F)F. The highest BCUT2D eigenvalue weighted by Gasteiger charge is 2.27. The van der Waals surface area contributed by atoms with E-state index >= 15 is 0 Å². The Labute approximate surface area is 105 Å². The number of halogens is 4. The Morgan fingerprint density at radius 1 is 1.42 bits per heavy atom. The van der Waals surface area contributed by atoms with Crippen molar-refractivity contribution in [3.63, 3.8) is 0 Å². The number of anilines is 1. The predicted molar refractivity (Wildman–Crippen MR) is 60.5 cm³/mol. The smallest absolute Gasteiger partial charge is 0.276 e. The molecule has 106 valence electrons. The Kier molecular flexibility index (Phi) is 4.65. The second kappa shape index (κ2) is 5.83. The number of nitrogens with zero attached hydrogens (tertiary/aromatic N) is 1. The van der Waals surface area contributed by atoms with Crippen LogP contribution in [0.15, 0.2) is 18.2 Å². The van der Waals surface area contributed by atoms with Crippen molar-refractivity contribution in [2.45, 2.75) is 12.3 Å². The van der Waals surface area contributed by atoms with Gasteiger partial charge in [0.25, 0.3) is 18.0 Å². The van der Waals surface area contributed by atoms with Gasteiger partial charge in [-0.1, -0.05) is 0 Å². The maximum absolute atomic E-state index is 12.9. The van der Waals surface area contributed by atoms with Gasteiger partial charge in [0.2, 0.25) is 0 Å². The first-order valence-electron chi connectivity index (χ1n) is 5.15. The molecule has 19 heavy (non-hydrogen) atoms. The molecule has 1 rings (SSSR count). The third-order valence-electron chi connectivity index (χ3n) is 2.32. The van der Waals surface area contributed by atoms with Crippen LogP contribution >= 0.6 is 0 Å². The lowest BCUT2D eigenvalue weighted by molar-refractivity contribution is -0.385. The summed E-state index contributed by atoms with van der Waals surface area (Å²) in [5, 5.41) is 12.6. The molecule has 0 aromatic heterocycles. The molecule has 0 aliphatic carbocycles. The molecule has 0 saturated carbocycles. The number of hydrogen-bond acceptors (Lipinski definition) is 4. The zero-order valence-corrected chi connectivity index (χ0v) is 9.58. The number of hydrogen-bond donors (Lipinski definition) is 2. The monoisotopic (exact) mass is 281 g/mol.